The van der Waals surface area contributed by atoms with E-state index in [0.29, 0.717) is 29.5 Å². The first kappa shape index (κ1) is 24.1. The topological polar surface area (TPSA) is 135 Å². The van der Waals surface area contributed by atoms with E-state index in [9.17, 15) is 15.3 Å². The Bertz CT molecular complexity index is 1140. The molecular formula is C25H33N5O5. The molecule has 35 heavy (non-hydrogen) atoms. The summed E-state index contributed by atoms with van der Waals surface area (Å²) in [5, 5.41) is 33.4. The molecule has 4 N–H and O–H groups in total. The lowest BCUT2D eigenvalue weighted by atomic mass is 10.0. The van der Waals surface area contributed by atoms with Crippen molar-refractivity contribution in [2.45, 2.75) is 82.3 Å². The fraction of sp³-hybridized carbons (Fsp3) is 0.560. The van der Waals surface area contributed by atoms with Gasteiger partial charge in [0.2, 0.25) is 0 Å². The summed E-state index contributed by atoms with van der Waals surface area (Å²) in [5.74, 6) is 1.09. The van der Waals surface area contributed by atoms with Crippen LogP contribution in [0.1, 0.15) is 56.4 Å². The van der Waals surface area contributed by atoms with Gasteiger partial charge >= 0.3 is 0 Å². The number of aliphatic hydroxyl groups is 3. The van der Waals surface area contributed by atoms with E-state index in [1.165, 1.54) is 18.2 Å². The van der Waals surface area contributed by atoms with E-state index in [4.69, 9.17) is 9.47 Å². The molecule has 2 aliphatic rings. The van der Waals surface area contributed by atoms with Gasteiger partial charge in [0.15, 0.2) is 23.2 Å². The molecule has 0 bridgehead atoms. The molecule has 1 saturated carbocycles. The average Bonchev–Trinajstić information content (AvgIpc) is 3.57. The second-order valence-corrected chi connectivity index (χ2v) is 9.70. The highest BCUT2D eigenvalue weighted by atomic mass is 16.6. The van der Waals surface area contributed by atoms with E-state index in [0.717, 1.165) is 24.8 Å². The van der Waals surface area contributed by atoms with E-state index in [1.54, 1.807) is 4.57 Å². The summed E-state index contributed by atoms with van der Waals surface area (Å²) in [7, 11) is 0. The number of fused-ring (bicyclic) bond motifs is 1. The SMILES string of the molecule is CC(C)c1ccc(COC2CCC[C@@H]2Nc2ncnc3c2ncn3C2OC(CO)[C@@H](O)[C@H]2O)cc1. The molecule has 2 aromatic heterocycles. The van der Waals surface area contributed by atoms with Crippen LogP contribution in [0.2, 0.25) is 0 Å². The minimum atomic E-state index is -1.21. The van der Waals surface area contributed by atoms with Crippen LogP contribution in [0.3, 0.4) is 0 Å². The van der Waals surface area contributed by atoms with Crippen LogP contribution < -0.4 is 5.32 Å². The third kappa shape index (κ3) is 4.76. The fourth-order valence-electron chi connectivity index (χ4n) is 4.92. The molecule has 3 aromatic rings. The minimum Gasteiger partial charge on any atom is -0.394 e. The standard InChI is InChI=1S/C25H33N5O5/c1-14(2)16-8-6-15(7-9-16)11-34-18-5-3-4-17(18)29-23-20-24(27-12-26-23)30(13-28-20)25-22(33)21(32)19(10-31)35-25/h6-9,12-14,17-19,21-22,25,31-33H,3-5,10-11H2,1-2H3,(H,26,27,29)/t17-,18?,19?,21+,22+,25?/m0/s1. The van der Waals surface area contributed by atoms with Crippen LogP contribution in [0.5, 0.6) is 0 Å². The molecule has 10 heteroatoms. The number of nitrogens with one attached hydrogen (secondary N) is 1. The minimum absolute atomic E-state index is 0.0484. The lowest BCUT2D eigenvalue weighted by Crippen LogP contribution is -2.33. The lowest BCUT2D eigenvalue weighted by molar-refractivity contribution is -0.0511. The van der Waals surface area contributed by atoms with Gasteiger partial charge in [-0.25, -0.2) is 15.0 Å². The number of hydrogen-bond donors (Lipinski definition) is 4. The molecule has 1 aromatic carbocycles. The van der Waals surface area contributed by atoms with Crippen molar-refractivity contribution in [1.29, 1.82) is 0 Å². The first-order valence-electron chi connectivity index (χ1n) is 12.2. The number of aliphatic hydroxyl groups excluding tert-OH is 3. The molecule has 1 aliphatic heterocycles. The van der Waals surface area contributed by atoms with Crippen molar-refractivity contribution < 1.29 is 24.8 Å². The predicted octanol–water partition coefficient (Wildman–Crippen LogP) is 2.11. The van der Waals surface area contributed by atoms with Gasteiger partial charge in [0.05, 0.1) is 31.7 Å². The Hall–Kier alpha value is -2.63. The maximum atomic E-state index is 10.4. The van der Waals surface area contributed by atoms with Crippen LogP contribution in [-0.4, -0.2) is 71.9 Å². The Balaban J connectivity index is 1.28. The van der Waals surface area contributed by atoms with Gasteiger partial charge in [0.1, 0.15) is 24.6 Å². The zero-order valence-electron chi connectivity index (χ0n) is 20.0. The Morgan fingerprint density at radius 1 is 1.11 bits per heavy atom. The number of rotatable bonds is 8. The van der Waals surface area contributed by atoms with Crippen molar-refractivity contribution in [2.75, 3.05) is 11.9 Å². The fourth-order valence-corrected chi connectivity index (χ4v) is 4.92. The van der Waals surface area contributed by atoms with Gasteiger partial charge in [-0.15, -0.1) is 0 Å². The van der Waals surface area contributed by atoms with Crippen LogP contribution in [0, 0.1) is 0 Å². The predicted molar refractivity (Wildman–Crippen MR) is 129 cm³/mol. The van der Waals surface area contributed by atoms with Crippen LogP contribution in [0.4, 0.5) is 5.82 Å². The third-order valence-corrected chi connectivity index (χ3v) is 7.04. The first-order valence-corrected chi connectivity index (χ1v) is 12.2. The lowest BCUT2D eigenvalue weighted by Gasteiger charge is -2.22. The van der Waals surface area contributed by atoms with Crippen molar-refractivity contribution in [3.05, 3.63) is 48.0 Å². The third-order valence-electron chi connectivity index (χ3n) is 7.04. The van der Waals surface area contributed by atoms with Gasteiger partial charge in [-0.05, 0) is 36.3 Å². The van der Waals surface area contributed by atoms with Gasteiger partial charge in [-0.2, -0.15) is 0 Å². The molecule has 3 heterocycles. The summed E-state index contributed by atoms with van der Waals surface area (Å²) in [4.78, 5) is 13.2. The number of benzene rings is 1. The summed E-state index contributed by atoms with van der Waals surface area (Å²) in [6, 6.07) is 8.67. The molecule has 5 rings (SSSR count). The molecular weight excluding hydrogens is 450 g/mol. The molecule has 0 radical (unpaired) electrons. The number of ether oxygens (including phenoxy) is 2. The van der Waals surface area contributed by atoms with Crippen molar-refractivity contribution in [3.63, 3.8) is 0 Å². The van der Waals surface area contributed by atoms with E-state index in [1.807, 2.05) is 0 Å². The van der Waals surface area contributed by atoms with Crippen LogP contribution >= 0.6 is 0 Å². The normalized spacial score (nSPS) is 28.9. The second-order valence-electron chi connectivity index (χ2n) is 9.70. The smallest absolute Gasteiger partial charge is 0.167 e. The molecule has 2 fully saturated rings. The Kier molecular flexibility index (Phi) is 6.99. The summed E-state index contributed by atoms with van der Waals surface area (Å²) in [6.07, 6.45) is 1.79. The largest absolute Gasteiger partial charge is 0.394 e. The molecule has 10 nitrogen and oxygen atoms in total. The number of anilines is 1. The zero-order valence-corrected chi connectivity index (χ0v) is 20.0. The maximum absolute atomic E-state index is 10.4. The zero-order chi connectivity index (χ0) is 24.5. The highest BCUT2D eigenvalue weighted by Crippen LogP contribution is 2.33. The highest BCUT2D eigenvalue weighted by molar-refractivity contribution is 5.82. The van der Waals surface area contributed by atoms with Crippen molar-refractivity contribution in [1.82, 2.24) is 19.5 Å². The van der Waals surface area contributed by atoms with Gasteiger partial charge in [-0.1, -0.05) is 38.1 Å². The summed E-state index contributed by atoms with van der Waals surface area (Å²) < 4.78 is 13.5. The van der Waals surface area contributed by atoms with Gasteiger partial charge < -0.3 is 30.1 Å². The molecule has 1 saturated heterocycles. The molecule has 3 unspecified atom stereocenters. The summed E-state index contributed by atoms with van der Waals surface area (Å²) >= 11 is 0. The summed E-state index contributed by atoms with van der Waals surface area (Å²) in [6.45, 7) is 4.53. The molecule has 1 aliphatic carbocycles. The van der Waals surface area contributed by atoms with Crippen molar-refractivity contribution in [2.24, 2.45) is 0 Å². The quantitative estimate of drug-likeness (QED) is 0.380. The molecule has 188 valence electrons. The van der Waals surface area contributed by atoms with Crippen molar-refractivity contribution in [3.8, 4) is 0 Å². The number of imidazole rings is 1. The molecule has 0 amide bonds. The van der Waals surface area contributed by atoms with Crippen LogP contribution in [0.15, 0.2) is 36.9 Å². The highest BCUT2D eigenvalue weighted by Gasteiger charge is 2.44. The number of nitrogens with zero attached hydrogens (tertiary/aromatic N) is 4. The Labute approximate surface area is 204 Å². The van der Waals surface area contributed by atoms with Gasteiger partial charge in [0, 0.05) is 0 Å². The molecule has 0 spiro atoms. The van der Waals surface area contributed by atoms with E-state index in [-0.39, 0.29) is 12.1 Å². The maximum Gasteiger partial charge on any atom is 0.167 e. The van der Waals surface area contributed by atoms with Gasteiger partial charge in [0.25, 0.3) is 0 Å². The second kappa shape index (κ2) is 10.2. The summed E-state index contributed by atoms with van der Waals surface area (Å²) in [5.41, 5.74) is 3.48. The van der Waals surface area contributed by atoms with Gasteiger partial charge in [-0.3, -0.25) is 4.57 Å². The Morgan fingerprint density at radius 3 is 2.63 bits per heavy atom. The number of hydrogen-bond acceptors (Lipinski definition) is 9. The van der Waals surface area contributed by atoms with Crippen molar-refractivity contribution >= 4 is 17.0 Å². The monoisotopic (exact) mass is 483 g/mol. The van der Waals surface area contributed by atoms with Crippen LogP contribution in [0.25, 0.3) is 11.2 Å². The number of aromatic nitrogens is 4. The van der Waals surface area contributed by atoms with E-state index in [2.05, 4.69) is 58.4 Å². The average molecular weight is 484 g/mol. The van der Waals surface area contributed by atoms with E-state index < -0.39 is 31.1 Å². The molecule has 6 atom stereocenters. The van der Waals surface area contributed by atoms with E-state index >= 15 is 0 Å². The first-order chi connectivity index (χ1) is 17.0. The Morgan fingerprint density at radius 2 is 1.91 bits per heavy atom. The van der Waals surface area contributed by atoms with Crippen LogP contribution in [-0.2, 0) is 16.1 Å².